The van der Waals surface area contributed by atoms with Crippen LogP contribution in [0.5, 0.6) is 0 Å². The van der Waals surface area contributed by atoms with Crippen molar-refractivity contribution in [2.45, 2.75) is 6.30 Å². The predicted molar refractivity (Wildman–Crippen MR) is 27.8 cm³/mol. The molecule has 0 amide bonds. The number of nitrogens with zero attached hydrogens (tertiary/aromatic N) is 1. The van der Waals surface area contributed by atoms with Crippen molar-refractivity contribution >= 4 is 11.6 Å². The molecule has 1 aliphatic rings. The highest BCUT2D eigenvalue weighted by Gasteiger charge is 2.41. The molecular formula is C4H3ClF3NO. The molecule has 1 rings (SSSR count). The van der Waals surface area contributed by atoms with E-state index in [1.54, 1.807) is 0 Å². The van der Waals surface area contributed by atoms with Gasteiger partial charge in [-0.1, -0.05) is 11.6 Å². The van der Waals surface area contributed by atoms with Gasteiger partial charge in [0.25, 0.3) is 0 Å². The zero-order valence-electron chi connectivity index (χ0n) is 4.65. The van der Waals surface area contributed by atoms with Gasteiger partial charge in [-0.15, -0.1) is 18.2 Å². The van der Waals surface area contributed by atoms with Crippen LogP contribution in [0.1, 0.15) is 0 Å². The Morgan fingerprint density at radius 3 is 2.40 bits per heavy atom. The van der Waals surface area contributed by atoms with Crippen molar-refractivity contribution < 1.29 is 18.0 Å². The zero-order valence-corrected chi connectivity index (χ0v) is 5.41. The van der Waals surface area contributed by atoms with Gasteiger partial charge in [-0.25, -0.2) is 0 Å². The second-order valence-corrected chi connectivity index (χ2v) is 1.97. The summed E-state index contributed by atoms with van der Waals surface area (Å²) in [7, 11) is 0. The summed E-state index contributed by atoms with van der Waals surface area (Å²) in [4.78, 5) is 4.11. The molecule has 0 atom stereocenters. The van der Waals surface area contributed by atoms with Gasteiger partial charge in [0.1, 0.15) is 5.16 Å². The monoisotopic (exact) mass is 173 g/mol. The second-order valence-electron chi connectivity index (χ2n) is 1.58. The van der Waals surface area contributed by atoms with Crippen LogP contribution in [0.15, 0.2) is 11.2 Å². The molecule has 0 aliphatic carbocycles. The largest absolute Gasteiger partial charge is 0.509 e. The molecule has 0 N–H and O–H groups in total. The third-order valence-corrected chi connectivity index (χ3v) is 1.19. The highest BCUT2D eigenvalue weighted by Crippen LogP contribution is 2.30. The smallest absolute Gasteiger partial charge is 0.261 e. The lowest BCUT2D eigenvalue weighted by Gasteiger charge is -2.18. The van der Waals surface area contributed by atoms with Gasteiger partial charge in [-0.2, -0.15) is 0 Å². The molecule has 0 saturated carbocycles. The molecule has 0 unspecified atom stereocenters. The molecule has 2 nitrogen and oxygen atoms in total. The first-order valence-electron chi connectivity index (χ1n) is 2.37. The summed E-state index contributed by atoms with van der Waals surface area (Å²) in [5.41, 5.74) is 0. The molecule has 6 heteroatoms. The quantitative estimate of drug-likeness (QED) is 0.518. The lowest BCUT2D eigenvalue weighted by Crippen LogP contribution is -2.32. The molecular weight excluding hydrogens is 170 g/mol. The summed E-state index contributed by atoms with van der Waals surface area (Å²) in [6, 6.07) is 0. The maximum atomic E-state index is 11.7. The Morgan fingerprint density at radius 1 is 1.60 bits per heavy atom. The number of rotatable bonds is 0. The third kappa shape index (κ3) is 1.35. The highest BCUT2D eigenvalue weighted by atomic mass is 35.5. The van der Waals surface area contributed by atoms with E-state index in [0.29, 0.717) is 0 Å². The summed E-state index contributed by atoms with van der Waals surface area (Å²) in [5.74, 6) is 0. The van der Waals surface area contributed by atoms with Crippen LogP contribution in [0, 0.1) is 0 Å². The van der Waals surface area contributed by atoms with E-state index in [1.165, 1.54) is 0 Å². The fraction of sp³-hybridized carbons (Fsp3) is 0.500. The Bertz CT molecular complexity index is 166. The van der Waals surface area contributed by atoms with Crippen molar-refractivity contribution in [3.63, 3.8) is 0 Å². The lowest BCUT2D eigenvalue weighted by molar-refractivity contribution is -0.339. The molecule has 1 heterocycles. The summed E-state index contributed by atoms with van der Waals surface area (Å²) in [6.45, 7) is -0.127. The van der Waals surface area contributed by atoms with Crippen LogP contribution in [-0.2, 0) is 4.84 Å². The number of hydrogen-bond donors (Lipinski definition) is 0. The van der Waals surface area contributed by atoms with Crippen LogP contribution in [0.25, 0.3) is 0 Å². The fourth-order valence-corrected chi connectivity index (χ4v) is 0.727. The SMILES string of the molecule is FC(F)(F)N1OCC=C1Cl. The van der Waals surface area contributed by atoms with Crippen LogP contribution >= 0.6 is 11.6 Å². The first kappa shape index (κ1) is 7.68. The van der Waals surface area contributed by atoms with Gasteiger partial charge >= 0.3 is 6.30 Å². The van der Waals surface area contributed by atoms with Crippen LogP contribution in [0.4, 0.5) is 13.2 Å². The molecule has 0 aromatic carbocycles. The number of hydroxylamine groups is 2. The van der Waals surface area contributed by atoms with E-state index >= 15 is 0 Å². The van der Waals surface area contributed by atoms with Crippen LogP contribution in [0.3, 0.4) is 0 Å². The fourth-order valence-electron chi connectivity index (χ4n) is 0.519. The van der Waals surface area contributed by atoms with Gasteiger partial charge in [0.15, 0.2) is 0 Å². The number of alkyl halides is 3. The maximum absolute atomic E-state index is 11.7. The van der Waals surface area contributed by atoms with E-state index in [4.69, 9.17) is 11.6 Å². The van der Waals surface area contributed by atoms with E-state index in [-0.39, 0.29) is 11.7 Å². The molecule has 58 valence electrons. The van der Waals surface area contributed by atoms with Crippen molar-refractivity contribution in [1.82, 2.24) is 5.06 Å². The van der Waals surface area contributed by atoms with Crippen molar-refractivity contribution in [2.24, 2.45) is 0 Å². The third-order valence-electron chi connectivity index (χ3n) is 0.880. The average molecular weight is 174 g/mol. The minimum Gasteiger partial charge on any atom is -0.261 e. The second kappa shape index (κ2) is 2.32. The standard InChI is InChI=1S/C4H3ClF3NO/c5-3-1-2-10-9(3)4(6,7)8/h1H,2H2. The first-order valence-corrected chi connectivity index (χ1v) is 2.75. The minimum atomic E-state index is -4.54. The lowest BCUT2D eigenvalue weighted by atomic mass is 10.7. The molecule has 1 aliphatic heterocycles. The van der Waals surface area contributed by atoms with E-state index in [0.717, 1.165) is 6.08 Å². The molecule has 0 saturated heterocycles. The Kier molecular flexibility index (Phi) is 1.78. The highest BCUT2D eigenvalue weighted by molar-refractivity contribution is 6.29. The Balaban J connectivity index is 2.67. The molecule has 0 fully saturated rings. The van der Waals surface area contributed by atoms with Gasteiger partial charge in [-0.05, 0) is 6.08 Å². The summed E-state index contributed by atoms with van der Waals surface area (Å²) >= 11 is 5.10. The molecule has 0 aromatic heterocycles. The van der Waals surface area contributed by atoms with Crippen LogP contribution < -0.4 is 0 Å². The first-order chi connectivity index (χ1) is 4.52. The summed E-state index contributed by atoms with van der Waals surface area (Å²) in [5, 5.41) is -0.721. The Hall–Kier alpha value is -0.420. The predicted octanol–water partition coefficient (Wildman–Crippen LogP) is 1.83. The van der Waals surface area contributed by atoms with Crippen LogP contribution in [0.2, 0.25) is 0 Å². The van der Waals surface area contributed by atoms with E-state index in [1.807, 2.05) is 0 Å². The van der Waals surface area contributed by atoms with E-state index < -0.39 is 11.5 Å². The van der Waals surface area contributed by atoms with Gasteiger partial charge < -0.3 is 0 Å². The number of halogens is 4. The van der Waals surface area contributed by atoms with Gasteiger partial charge in [0, 0.05) is 0 Å². The van der Waals surface area contributed by atoms with Crippen molar-refractivity contribution in [1.29, 1.82) is 0 Å². The maximum Gasteiger partial charge on any atom is 0.509 e. The Labute approximate surface area is 59.8 Å². The summed E-state index contributed by atoms with van der Waals surface area (Å²) < 4.78 is 35.1. The van der Waals surface area contributed by atoms with Gasteiger partial charge in [-0.3, -0.25) is 4.84 Å². The molecule has 0 bridgehead atoms. The van der Waals surface area contributed by atoms with E-state index in [9.17, 15) is 13.2 Å². The van der Waals surface area contributed by atoms with Gasteiger partial charge in [0.2, 0.25) is 0 Å². The Morgan fingerprint density at radius 2 is 2.20 bits per heavy atom. The molecule has 0 radical (unpaired) electrons. The molecule has 10 heavy (non-hydrogen) atoms. The zero-order chi connectivity index (χ0) is 7.78. The normalized spacial score (nSPS) is 19.6. The number of hydrogen-bond acceptors (Lipinski definition) is 2. The van der Waals surface area contributed by atoms with E-state index in [2.05, 4.69) is 4.84 Å². The van der Waals surface area contributed by atoms with Crippen molar-refractivity contribution in [2.75, 3.05) is 6.61 Å². The average Bonchev–Trinajstić information content (AvgIpc) is 2.11. The molecule has 0 aromatic rings. The van der Waals surface area contributed by atoms with Crippen LogP contribution in [-0.4, -0.2) is 18.0 Å². The topological polar surface area (TPSA) is 12.5 Å². The van der Waals surface area contributed by atoms with Gasteiger partial charge in [0.05, 0.1) is 6.61 Å². The molecule has 0 spiro atoms. The summed E-state index contributed by atoms with van der Waals surface area (Å²) in [6.07, 6.45) is -3.40. The van der Waals surface area contributed by atoms with Crippen molar-refractivity contribution in [3.05, 3.63) is 11.2 Å². The minimum absolute atomic E-state index is 0.127. The van der Waals surface area contributed by atoms with Crippen molar-refractivity contribution in [3.8, 4) is 0 Å².